The van der Waals surface area contributed by atoms with Gasteiger partial charge in [-0.2, -0.15) is 0 Å². The first-order valence-corrected chi connectivity index (χ1v) is 6.04. The first-order chi connectivity index (χ1) is 8.08. The van der Waals surface area contributed by atoms with E-state index in [9.17, 15) is 4.79 Å². The van der Waals surface area contributed by atoms with Gasteiger partial charge in [0.25, 0.3) is 0 Å². The number of hydrogen-bond donors (Lipinski definition) is 2. The van der Waals surface area contributed by atoms with Gasteiger partial charge >= 0.3 is 6.03 Å². The van der Waals surface area contributed by atoms with E-state index in [-0.39, 0.29) is 12.1 Å². The molecule has 1 aromatic heterocycles. The second-order valence-corrected chi connectivity index (χ2v) is 4.76. The van der Waals surface area contributed by atoms with E-state index in [4.69, 9.17) is 4.52 Å². The van der Waals surface area contributed by atoms with E-state index >= 15 is 0 Å². The molecule has 1 fully saturated rings. The lowest BCUT2D eigenvalue weighted by atomic mass is 10.2. The van der Waals surface area contributed by atoms with E-state index in [1.807, 2.05) is 20.8 Å². The molecule has 0 spiro atoms. The topological polar surface area (TPSA) is 67.2 Å². The van der Waals surface area contributed by atoms with Gasteiger partial charge in [-0.1, -0.05) is 5.16 Å². The van der Waals surface area contributed by atoms with Crippen LogP contribution in [0.2, 0.25) is 0 Å². The van der Waals surface area contributed by atoms with Crippen molar-refractivity contribution in [2.45, 2.75) is 46.2 Å². The molecule has 0 aromatic carbocycles. The zero-order chi connectivity index (χ0) is 12.4. The third-order valence-electron chi connectivity index (χ3n) is 3.29. The Balaban J connectivity index is 1.79. The summed E-state index contributed by atoms with van der Waals surface area (Å²) in [7, 11) is 0. The number of carbonyl (C=O) groups is 1. The summed E-state index contributed by atoms with van der Waals surface area (Å²) in [5.74, 6) is 1.43. The molecule has 17 heavy (non-hydrogen) atoms. The van der Waals surface area contributed by atoms with Crippen molar-refractivity contribution in [3.05, 3.63) is 17.0 Å². The molecule has 1 saturated carbocycles. The fourth-order valence-corrected chi connectivity index (χ4v) is 1.89. The molecule has 1 aliphatic rings. The normalized spacial score (nSPS) is 16.6. The molecule has 94 valence electrons. The molecule has 0 aliphatic heterocycles. The average Bonchev–Trinajstić information content (AvgIpc) is 3.06. The van der Waals surface area contributed by atoms with Crippen LogP contribution in [0.5, 0.6) is 0 Å². The number of nitrogens with one attached hydrogen (secondary N) is 2. The number of aromatic nitrogens is 1. The molecular formula is C12H19N3O2. The number of rotatable bonds is 4. The second kappa shape index (κ2) is 4.77. The summed E-state index contributed by atoms with van der Waals surface area (Å²) in [6.07, 6.45) is 2.45. The zero-order valence-electron chi connectivity index (χ0n) is 10.5. The van der Waals surface area contributed by atoms with E-state index in [1.54, 1.807) is 0 Å². The molecule has 2 rings (SSSR count). The number of amides is 2. The lowest BCUT2D eigenvalue weighted by Crippen LogP contribution is -2.41. The van der Waals surface area contributed by atoms with Gasteiger partial charge in [0.1, 0.15) is 5.76 Å². The summed E-state index contributed by atoms with van der Waals surface area (Å²) >= 11 is 0. The highest BCUT2D eigenvalue weighted by molar-refractivity contribution is 5.74. The highest BCUT2D eigenvalue weighted by atomic mass is 16.5. The van der Waals surface area contributed by atoms with Gasteiger partial charge in [-0.15, -0.1) is 0 Å². The lowest BCUT2D eigenvalue weighted by Gasteiger charge is -2.13. The van der Waals surface area contributed by atoms with Crippen LogP contribution in [0.3, 0.4) is 0 Å². The van der Waals surface area contributed by atoms with E-state index in [1.165, 1.54) is 12.8 Å². The van der Waals surface area contributed by atoms with Gasteiger partial charge in [-0.05, 0) is 39.5 Å². The first kappa shape index (κ1) is 12.0. The molecule has 0 radical (unpaired) electrons. The molecular weight excluding hydrogens is 218 g/mol. The van der Waals surface area contributed by atoms with Gasteiger partial charge in [-0.3, -0.25) is 0 Å². The maximum Gasteiger partial charge on any atom is 0.315 e. The smallest absolute Gasteiger partial charge is 0.315 e. The highest BCUT2D eigenvalue weighted by Gasteiger charge is 2.28. The molecule has 1 aliphatic carbocycles. The molecule has 0 bridgehead atoms. The highest BCUT2D eigenvalue weighted by Crippen LogP contribution is 2.32. The van der Waals surface area contributed by atoms with Crippen molar-refractivity contribution >= 4 is 6.03 Å². The number of hydrogen-bond acceptors (Lipinski definition) is 3. The van der Waals surface area contributed by atoms with Crippen molar-refractivity contribution in [3.63, 3.8) is 0 Å². The molecule has 1 unspecified atom stereocenters. The number of aryl methyl sites for hydroxylation is 2. The van der Waals surface area contributed by atoms with Crippen LogP contribution in [0.4, 0.5) is 4.79 Å². The van der Waals surface area contributed by atoms with Crippen molar-refractivity contribution in [2.24, 2.45) is 5.92 Å². The van der Waals surface area contributed by atoms with Crippen molar-refractivity contribution in [1.82, 2.24) is 15.8 Å². The minimum absolute atomic E-state index is 0.121. The number of urea groups is 1. The Hall–Kier alpha value is -1.52. The number of nitrogens with zero attached hydrogens (tertiary/aromatic N) is 1. The molecule has 5 heteroatoms. The van der Waals surface area contributed by atoms with E-state index in [2.05, 4.69) is 15.8 Å². The maximum atomic E-state index is 11.6. The van der Waals surface area contributed by atoms with Crippen molar-refractivity contribution in [2.75, 3.05) is 0 Å². The van der Waals surface area contributed by atoms with Crippen LogP contribution < -0.4 is 10.6 Å². The minimum Gasteiger partial charge on any atom is -0.361 e. The van der Waals surface area contributed by atoms with Crippen LogP contribution in [-0.2, 0) is 6.54 Å². The van der Waals surface area contributed by atoms with Crippen LogP contribution in [0.25, 0.3) is 0 Å². The quantitative estimate of drug-likeness (QED) is 0.840. The molecule has 0 saturated heterocycles. The molecule has 5 nitrogen and oxygen atoms in total. The van der Waals surface area contributed by atoms with Gasteiger partial charge in [-0.25, -0.2) is 4.79 Å². The van der Waals surface area contributed by atoms with Crippen molar-refractivity contribution in [3.8, 4) is 0 Å². The van der Waals surface area contributed by atoms with E-state index < -0.39 is 0 Å². The van der Waals surface area contributed by atoms with Gasteiger partial charge < -0.3 is 15.2 Å². The predicted molar refractivity (Wildman–Crippen MR) is 63.5 cm³/mol. The Morgan fingerprint density at radius 3 is 2.76 bits per heavy atom. The van der Waals surface area contributed by atoms with Crippen LogP contribution in [-0.4, -0.2) is 17.2 Å². The molecule has 1 atom stereocenters. The number of carbonyl (C=O) groups excluding carboxylic acids is 1. The Kier molecular flexibility index (Phi) is 3.36. The van der Waals surface area contributed by atoms with E-state index in [0.717, 1.165) is 17.0 Å². The lowest BCUT2D eigenvalue weighted by molar-refractivity contribution is 0.236. The first-order valence-electron chi connectivity index (χ1n) is 6.04. The largest absolute Gasteiger partial charge is 0.361 e. The second-order valence-electron chi connectivity index (χ2n) is 4.76. The maximum absolute atomic E-state index is 11.6. The summed E-state index contributed by atoms with van der Waals surface area (Å²) < 4.78 is 5.04. The Morgan fingerprint density at radius 2 is 2.24 bits per heavy atom. The van der Waals surface area contributed by atoms with Crippen LogP contribution in [0.1, 0.15) is 36.8 Å². The van der Waals surface area contributed by atoms with Gasteiger partial charge in [0.05, 0.1) is 5.69 Å². The third-order valence-corrected chi connectivity index (χ3v) is 3.29. The average molecular weight is 237 g/mol. The fourth-order valence-electron chi connectivity index (χ4n) is 1.89. The molecule has 2 amide bonds. The third kappa shape index (κ3) is 2.99. The fraction of sp³-hybridized carbons (Fsp3) is 0.667. The van der Waals surface area contributed by atoms with Gasteiger partial charge in [0.2, 0.25) is 0 Å². The predicted octanol–water partition coefficient (Wildman–Crippen LogP) is 1.89. The summed E-state index contributed by atoms with van der Waals surface area (Å²) in [6, 6.07) is 0.143. The Bertz CT molecular complexity index is 390. The Labute approximate surface area is 101 Å². The van der Waals surface area contributed by atoms with Crippen LogP contribution in [0, 0.1) is 19.8 Å². The molecule has 2 N–H and O–H groups in total. The van der Waals surface area contributed by atoms with Gasteiger partial charge in [0, 0.05) is 18.2 Å². The summed E-state index contributed by atoms with van der Waals surface area (Å²) in [6.45, 7) is 6.23. The standard InChI is InChI=1S/C12H19N3O2/c1-7(10-4-5-10)14-12(16)13-6-11-8(2)15-17-9(11)3/h7,10H,4-6H2,1-3H3,(H2,13,14,16). The van der Waals surface area contributed by atoms with E-state index in [0.29, 0.717) is 12.5 Å². The summed E-state index contributed by atoms with van der Waals surface area (Å²) in [4.78, 5) is 11.6. The molecule has 1 aromatic rings. The molecule has 1 heterocycles. The van der Waals surface area contributed by atoms with Crippen LogP contribution in [0.15, 0.2) is 4.52 Å². The zero-order valence-corrected chi connectivity index (χ0v) is 10.5. The Morgan fingerprint density at radius 1 is 1.53 bits per heavy atom. The van der Waals surface area contributed by atoms with Crippen LogP contribution >= 0.6 is 0 Å². The summed E-state index contributed by atoms with van der Waals surface area (Å²) in [5, 5.41) is 9.62. The minimum atomic E-state index is -0.121. The monoisotopic (exact) mass is 237 g/mol. The van der Waals surface area contributed by atoms with Crippen molar-refractivity contribution < 1.29 is 9.32 Å². The van der Waals surface area contributed by atoms with Crippen molar-refractivity contribution in [1.29, 1.82) is 0 Å². The van der Waals surface area contributed by atoms with Gasteiger partial charge in [0.15, 0.2) is 0 Å². The SMILES string of the molecule is Cc1noc(C)c1CNC(=O)NC(C)C1CC1. The summed E-state index contributed by atoms with van der Waals surface area (Å²) in [5.41, 5.74) is 1.79.